The zero-order valence-corrected chi connectivity index (χ0v) is 72.6. The smallest absolute Gasteiger partial charge is 0.390 e. The molecule has 0 spiro atoms. The fourth-order valence-corrected chi connectivity index (χ4v) is 20.3. The van der Waals surface area contributed by atoms with Crippen molar-refractivity contribution in [2.24, 2.45) is 5.92 Å². The minimum absolute atomic E-state index is 0.0106. The molecule has 4 aliphatic rings. The third-order valence-corrected chi connectivity index (χ3v) is 27.4. The highest BCUT2D eigenvalue weighted by atomic mass is 33.1. The van der Waals surface area contributed by atoms with Gasteiger partial charge in [0.15, 0.2) is 5.71 Å². The Bertz CT molecular complexity index is 5340. The van der Waals surface area contributed by atoms with Crippen LogP contribution in [0.15, 0.2) is 118 Å². The fraction of sp³-hybridized carbons (Fsp3) is 0.514. The van der Waals surface area contributed by atoms with E-state index in [4.69, 9.17) is 47.4 Å². The number of hydrogen-bond donors (Lipinski definition) is 12. The number of fused-ring (bicyclic) bond motifs is 3. The Hall–Kier alpha value is -7.34. The predicted octanol–water partition coefficient (Wildman–Crippen LogP) is 6.32. The zero-order valence-electron chi connectivity index (χ0n) is 65.8. The lowest BCUT2D eigenvalue weighted by Crippen LogP contribution is -2.40. The van der Waals surface area contributed by atoms with Crippen molar-refractivity contribution in [3.05, 3.63) is 141 Å². The van der Waals surface area contributed by atoms with Crippen LogP contribution in [-0.4, -0.2) is 198 Å². The molecule has 3 aromatic heterocycles. The second-order valence-corrected chi connectivity index (χ2v) is 39.2. The van der Waals surface area contributed by atoms with Gasteiger partial charge in [-0.1, -0.05) is 90.1 Å². The van der Waals surface area contributed by atoms with Crippen LogP contribution in [-0.2, 0) is 103 Å². The van der Waals surface area contributed by atoms with Crippen molar-refractivity contribution in [2.45, 2.75) is 184 Å². The number of anilines is 2. The van der Waals surface area contributed by atoms with Gasteiger partial charge in [-0.3, -0.25) is 46.7 Å². The third kappa shape index (κ3) is 28.1. The number of nitrogen functional groups attached to an aromatic ring is 1. The second kappa shape index (κ2) is 43.3. The lowest BCUT2D eigenvalue weighted by molar-refractivity contribution is -0.438. The maximum atomic E-state index is 14.0. The highest BCUT2D eigenvalue weighted by Crippen LogP contribution is 2.66. The highest BCUT2D eigenvalue weighted by Gasteiger charge is 2.47. The number of carbonyl (C=O) groups is 4. The first-order valence-electron chi connectivity index (χ1n) is 37.7. The largest absolute Gasteiger partial charge is 0.490 e. The van der Waals surface area contributed by atoms with E-state index in [0.717, 1.165) is 50.7 Å². The molecule has 2 fully saturated rings. The molecule has 9 atom stereocenters. The van der Waals surface area contributed by atoms with E-state index in [1.165, 1.54) is 61.9 Å². The van der Waals surface area contributed by atoms with Crippen molar-refractivity contribution in [1.82, 2.24) is 34.3 Å². The first-order valence-corrected chi connectivity index (χ1v) is 48.6. The molecule has 2 amide bonds. The van der Waals surface area contributed by atoms with Crippen molar-refractivity contribution in [2.75, 3.05) is 61.5 Å². The van der Waals surface area contributed by atoms with Gasteiger partial charge < -0.3 is 74.9 Å². The van der Waals surface area contributed by atoms with Gasteiger partial charge in [-0.2, -0.15) is 21.6 Å². The molecule has 5 aromatic rings. The van der Waals surface area contributed by atoms with Crippen molar-refractivity contribution in [3.8, 4) is 11.8 Å². The number of nitrogens with two attached hydrogens (primary N) is 1. The Labute approximate surface area is 699 Å². The normalized spacial score (nSPS) is 20.4. The van der Waals surface area contributed by atoms with Crippen molar-refractivity contribution < 1.29 is 134 Å². The molecule has 0 aliphatic carbocycles. The highest BCUT2D eigenvalue weighted by molar-refractivity contribution is 8.76. The molecule has 0 bridgehead atoms. The first-order chi connectivity index (χ1) is 56.3. The number of carbonyl (C=O) groups excluding carboxylic acids is 4. The Balaban J connectivity index is 0.00000438. The van der Waals surface area contributed by atoms with Gasteiger partial charge in [-0.25, -0.2) is 33.0 Å². The van der Waals surface area contributed by atoms with E-state index in [9.17, 15) is 80.0 Å². The van der Waals surface area contributed by atoms with Gasteiger partial charge in [0.2, 0.25) is 17.5 Å². The number of nitrogens with zero attached hydrogens (tertiary/aromatic N) is 7. The van der Waals surface area contributed by atoms with Crippen molar-refractivity contribution >= 4 is 131 Å². The van der Waals surface area contributed by atoms with E-state index < -0.39 is 125 Å². The van der Waals surface area contributed by atoms with Crippen LogP contribution in [0.5, 0.6) is 0 Å². The second-order valence-electron chi connectivity index (χ2n) is 29.1. The molecular weight excluding hydrogens is 1740 g/mol. The quantitative estimate of drug-likeness (QED) is 0.00386. The van der Waals surface area contributed by atoms with Crippen LogP contribution < -0.4 is 32.5 Å². The predicted molar refractivity (Wildman–Crippen MR) is 438 cm³/mol. The van der Waals surface area contributed by atoms with Gasteiger partial charge in [0.1, 0.15) is 60.6 Å². The van der Waals surface area contributed by atoms with E-state index >= 15 is 0 Å². The number of phosphoric acid groups is 4. The Morgan fingerprint density at radius 1 is 0.767 bits per heavy atom. The maximum absolute atomic E-state index is 14.0. The van der Waals surface area contributed by atoms with Crippen molar-refractivity contribution in [3.63, 3.8) is 0 Å². The Morgan fingerprint density at radius 2 is 1.42 bits per heavy atom. The van der Waals surface area contributed by atoms with Gasteiger partial charge in [-0.15, -0.1) is 12.6 Å². The summed E-state index contributed by atoms with van der Waals surface area (Å²) in [7, 11) is -26.9. The average molecular weight is 1830 g/mol. The lowest BCUT2D eigenvalue weighted by Gasteiger charge is -2.25. The Morgan fingerprint density at radius 3 is 2.08 bits per heavy atom. The molecule has 48 heteroatoms. The van der Waals surface area contributed by atoms with E-state index in [1.54, 1.807) is 6.07 Å². The van der Waals surface area contributed by atoms with E-state index in [1.807, 2.05) is 50.3 Å². The maximum Gasteiger partial charge on any atom is 0.490 e. The molecule has 4 aliphatic heterocycles. The summed E-state index contributed by atoms with van der Waals surface area (Å²) in [6.45, 7) is 10.3. The number of amides is 2. The molecule has 9 unspecified atom stereocenters. The number of nitrogens with one attached hydrogen (secondary N) is 2. The zero-order chi connectivity index (χ0) is 88.3. The number of aliphatic hydroxyl groups is 2. The number of hydrogen-bond acceptors (Lipinski definition) is 29. The number of likely N-dealkylation sites (N-methyl/N-ethyl adjacent to an activating group) is 1. The van der Waals surface area contributed by atoms with Gasteiger partial charge in [0, 0.05) is 135 Å². The van der Waals surface area contributed by atoms with Crippen molar-refractivity contribution in [1.29, 1.82) is 0 Å². The van der Waals surface area contributed by atoms with Crippen LogP contribution in [0, 0.1) is 17.8 Å². The molecule has 7 heterocycles. The molecule has 2 saturated heterocycles. The lowest BCUT2D eigenvalue weighted by atomic mass is 9.81. The summed E-state index contributed by atoms with van der Waals surface area (Å²) in [4.78, 5) is 146. The Kier molecular flexibility index (Phi) is 35.4. The summed E-state index contributed by atoms with van der Waals surface area (Å²) < 4.78 is 140. The summed E-state index contributed by atoms with van der Waals surface area (Å²) in [5.41, 5.74) is 10.4. The monoisotopic (exact) mass is 1830 g/mol. The number of Topliss-reactive ketones (excluding diaryl/α,β-unsaturated/α-hetero) is 2. The summed E-state index contributed by atoms with van der Waals surface area (Å²) >= 11 is 0. The minimum Gasteiger partial charge on any atom is -0.390 e. The van der Waals surface area contributed by atoms with Crippen LogP contribution >= 0.6 is 52.9 Å². The summed E-state index contributed by atoms with van der Waals surface area (Å²) in [5, 5.41) is 27.2. The topological polar surface area (TPSA) is 590 Å². The third-order valence-electron chi connectivity index (χ3n) is 19.8. The van der Waals surface area contributed by atoms with Gasteiger partial charge in [0.05, 0.1) is 59.1 Å². The summed E-state index contributed by atoms with van der Waals surface area (Å²) in [5.74, 6) is 4.56. The number of benzene rings is 2. The minimum atomic E-state index is -5.82. The number of rotatable bonds is 43. The van der Waals surface area contributed by atoms with Gasteiger partial charge in [0.25, 0.3) is 15.7 Å². The van der Waals surface area contributed by atoms with E-state index in [-0.39, 0.29) is 133 Å². The molecule has 0 radical (unpaired) electrons. The first kappa shape index (κ1) is 98.1. The number of ketones is 2. The van der Waals surface area contributed by atoms with E-state index in [0.29, 0.717) is 50.8 Å². The number of unbranched alkanes of at least 4 members (excludes halogenated alkanes) is 4. The number of allylic oxidation sites excluding steroid dienone is 6. The summed E-state index contributed by atoms with van der Waals surface area (Å²) in [6, 6.07) is 14.1. The molecule has 9 rings (SSSR count). The molecule has 658 valence electrons. The number of ether oxygens (including phenoxy) is 2. The fourth-order valence-electron chi connectivity index (χ4n) is 14.1. The molecule has 13 N–H and O–H groups in total. The number of aromatic nitrogens is 5. The number of para-hydroxylation sites is 1. The average Bonchev–Trinajstić information content (AvgIpc) is 1.60. The molecular formula is C72H97N10O30P4S4+. The number of phosphoric ester groups is 2. The van der Waals surface area contributed by atoms with E-state index in [2.05, 4.69) is 98.6 Å². The van der Waals surface area contributed by atoms with Crippen LogP contribution in [0.4, 0.5) is 17.2 Å². The summed E-state index contributed by atoms with van der Waals surface area (Å²) in [6.07, 6.45) is 10.2. The van der Waals surface area contributed by atoms with Gasteiger partial charge >= 0.3 is 47.6 Å². The van der Waals surface area contributed by atoms with Gasteiger partial charge in [-0.05, 0) is 82.7 Å². The number of aliphatic hydroxyl groups excluding tert-OH is 2. The van der Waals surface area contributed by atoms with Crippen LogP contribution in [0.3, 0.4) is 0 Å². The standard InChI is InChI=1S/C72H96N10O27P4S3.O3S/c1-6-78-54-25-15-14-24-52(54)71(2,3)60(78)26-12-7-13-27-61-72(4,5)53-39-51(116(101,102)103)28-29-55(53)79(61)34-17-9-11-22-50(84)38-48(69(89)75-32-16-8-10-21-49(83)23-19-35-80-63(88)30-36-81(70(80)90)64-40-56(85)58(106-64)43-104-110(91,92)93)45-115-114-37-31-62(87)74-33-18-20-47-42-82(68-66(47)67(73)76-46-77-68)65-41-57(86)59(107-65)44-105-112(97,98)109-113(99,100)108-111(94,95)96;1-4(2)3/h7,12-15,24-30,36,39,42,46,48,56-59,64-65,85-86H,6,8-11,16-17,19,21-23,31-35,37-38,40-41,43-45H2,1-5H3,(H10-,73,74,75,76,77,87,89,91,92,93,94,95,96,97,98,99,100,101,102,103);/p+1. The van der Waals surface area contributed by atoms with Crippen LogP contribution in [0.2, 0.25) is 0 Å². The van der Waals surface area contributed by atoms with Crippen LogP contribution in [0.1, 0.15) is 154 Å². The SMILES string of the molecule is CCN1C(=CC=CC=CC2=[N+](CCCCCC(=O)CC(CSSCCC(=O)NCC#Cc3cn(C4CC(O)C(COP(=O)(O)OP(=O)(O)OP(=O)(O)O)O4)c4ncnc(N)c34)C(=O)NCCCCCC(=O)CCCn3c(=O)ccn(C4CC(O)C(COP(=O)(O)O)O4)c3=O)c3ccc(S(=O)(=O)O)cc3C2(C)C)C(C)(C)c2ccccc21.O=S(=O)=O. The molecule has 120 heavy (non-hydrogen) atoms. The molecule has 2 aromatic carbocycles. The molecule has 0 saturated carbocycles. The van der Waals surface area contributed by atoms with Crippen LogP contribution in [0.25, 0.3) is 11.0 Å². The molecule has 40 nitrogen and oxygen atoms in total.